The normalized spacial score (nSPS) is 11.0. The molecule has 0 aliphatic heterocycles. The summed E-state index contributed by atoms with van der Waals surface area (Å²) in [6, 6.07) is 10.2. The van der Waals surface area contributed by atoms with Crippen molar-refractivity contribution < 1.29 is 9.59 Å². The number of ketones is 1. The average molecular weight is 414 g/mol. The van der Waals surface area contributed by atoms with Crippen molar-refractivity contribution in [3.8, 4) is 5.69 Å². The summed E-state index contributed by atoms with van der Waals surface area (Å²) in [5.41, 5.74) is 11.0. The van der Waals surface area contributed by atoms with E-state index in [1.807, 2.05) is 26.8 Å². The Labute approximate surface area is 173 Å². The van der Waals surface area contributed by atoms with Gasteiger partial charge in [0.25, 0.3) is 0 Å². The molecule has 5 nitrogen and oxygen atoms in total. The molecule has 3 aromatic rings. The molecule has 146 valence electrons. The lowest BCUT2D eigenvalue weighted by atomic mass is 10.2. The van der Waals surface area contributed by atoms with Gasteiger partial charge in [0.1, 0.15) is 0 Å². The summed E-state index contributed by atoms with van der Waals surface area (Å²) < 4.78 is 2.89. The molecule has 2 heterocycles. The van der Waals surface area contributed by atoms with Crippen LogP contribution in [-0.4, -0.2) is 27.0 Å². The number of thioether (sulfide) groups is 1. The molecule has 0 atom stereocenters. The minimum atomic E-state index is -0.372. The molecule has 0 fully saturated rings. The third kappa shape index (κ3) is 4.36. The highest BCUT2D eigenvalue weighted by atomic mass is 32.2. The Morgan fingerprint density at radius 2 is 1.82 bits per heavy atom. The Hall–Kier alpha value is -2.38. The van der Waals surface area contributed by atoms with Crippen LogP contribution in [-0.2, 0) is 11.2 Å². The summed E-state index contributed by atoms with van der Waals surface area (Å²) in [6.45, 7) is 7.90. The zero-order valence-electron chi connectivity index (χ0n) is 16.4. The lowest BCUT2D eigenvalue weighted by Gasteiger charge is -2.10. The number of amides is 1. The van der Waals surface area contributed by atoms with Gasteiger partial charge in [0.15, 0.2) is 10.1 Å². The van der Waals surface area contributed by atoms with Crippen molar-refractivity contribution in [1.82, 2.24) is 9.55 Å². The number of nitrogens with two attached hydrogens (primary N) is 1. The Morgan fingerprint density at radius 3 is 2.46 bits per heavy atom. The van der Waals surface area contributed by atoms with Gasteiger partial charge in [0, 0.05) is 27.5 Å². The number of nitrogens with zero attached hydrogens (tertiary/aromatic N) is 2. The number of hydrogen-bond acceptors (Lipinski definition) is 5. The lowest BCUT2D eigenvalue weighted by Crippen LogP contribution is -2.13. The highest BCUT2D eigenvalue weighted by Crippen LogP contribution is 2.29. The van der Waals surface area contributed by atoms with Crippen LogP contribution in [0, 0.1) is 27.7 Å². The number of rotatable bonds is 7. The first kappa shape index (κ1) is 20.4. The third-order valence-corrected chi connectivity index (χ3v) is 6.86. The summed E-state index contributed by atoms with van der Waals surface area (Å²) >= 11 is 2.83. The van der Waals surface area contributed by atoms with E-state index in [-0.39, 0.29) is 18.1 Å². The third-order valence-electron chi connectivity index (χ3n) is 4.56. The van der Waals surface area contributed by atoms with Gasteiger partial charge in [-0.25, -0.2) is 4.98 Å². The minimum Gasteiger partial charge on any atom is -0.369 e. The van der Waals surface area contributed by atoms with Crippen molar-refractivity contribution in [2.75, 3.05) is 5.75 Å². The van der Waals surface area contributed by atoms with E-state index < -0.39 is 0 Å². The van der Waals surface area contributed by atoms with Gasteiger partial charge in [0.05, 0.1) is 17.9 Å². The van der Waals surface area contributed by atoms with Crippen LogP contribution in [0.15, 0.2) is 34.7 Å². The van der Waals surface area contributed by atoms with E-state index in [4.69, 9.17) is 5.73 Å². The van der Waals surface area contributed by atoms with E-state index in [1.54, 1.807) is 0 Å². The molecule has 2 aromatic heterocycles. The molecule has 1 amide bonds. The van der Waals surface area contributed by atoms with E-state index in [0.29, 0.717) is 5.75 Å². The van der Waals surface area contributed by atoms with E-state index >= 15 is 0 Å². The lowest BCUT2D eigenvalue weighted by molar-refractivity contribution is -0.117. The maximum atomic E-state index is 12.8. The SMILES string of the molecule is Cc1ccc(-n2c(C)cc(C(=O)CSc3nc(C)c(CC(N)=O)s3)c2C)cc1. The topological polar surface area (TPSA) is 78.0 Å². The minimum absolute atomic E-state index is 0.0702. The van der Waals surface area contributed by atoms with Gasteiger partial charge in [-0.05, 0) is 45.9 Å². The van der Waals surface area contributed by atoms with Gasteiger partial charge in [0.2, 0.25) is 5.91 Å². The van der Waals surface area contributed by atoms with Crippen LogP contribution < -0.4 is 5.73 Å². The van der Waals surface area contributed by atoms with Gasteiger partial charge >= 0.3 is 0 Å². The molecular formula is C21H23N3O2S2. The molecule has 0 unspecified atom stereocenters. The van der Waals surface area contributed by atoms with E-state index in [0.717, 1.165) is 37.5 Å². The molecule has 7 heteroatoms. The smallest absolute Gasteiger partial charge is 0.222 e. The van der Waals surface area contributed by atoms with Crippen molar-refractivity contribution in [3.05, 3.63) is 63.4 Å². The Bertz CT molecular complexity index is 1030. The summed E-state index contributed by atoms with van der Waals surface area (Å²) in [5.74, 6) is 0.00456. The van der Waals surface area contributed by atoms with E-state index in [1.165, 1.54) is 28.7 Å². The van der Waals surface area contributed by atoms with Crippen molar-refractivity contribution in [2.24, 2.45) is 5.73 Å². The quantitative estimate of drug-likeness (QED) is 0.466. The molecule has 1 aromatic carbocycles. The number of hydrogen-bond donors (Lipinski definition) is 1. The Morgan fingerprint density at radius 1 is 1.14 bits per heavy atom. The van der Waals surface area contributed by atoms with Gasteiger partial charge in [-0.2, -0.15) is 0 Å². The molecule has 3 rings (SSSR count). The maximum Gasteiger partial charge on any atom is 0.222 e. The van der Waals surface area contributed by atoms with Crippen LogP contribution in [0.1, 0.15) is 37.9 Å². The van der Waals surface area contributed by atoms with Crippen LogP contribution in [0.3, 0.4) is 0 Å². The second kappa shape index (κ2) is 8.32. The molecule has 0 aliphatic rings. The molecule has 0 bridgehead atoms. The number of primary amides is 1. The fourth-order valence-electron chi connectivity index (χ4n) is 3.13. The number of aryl methyl sites for hydroxylation is 3. The van der Waals surface area contributed by atoms with Gasteiger partial charge < -0.3 is 10.3 Å². The van der Waals surface area contributed by atoms with E-state index in [2.05, 4.69) is 40.7 Å². The number of carbonyl (C=O) groups is 2. The van der Waals surface area contributed by atoms with Crippen molar-refractivity contribution in [3.63, 3.8) is 0 Å². The second-order valence-electron chi connectivity index (χ2n) is 6.80. The number of Topliss-reactive ketones (excluding diaryl/α,β-unsaturated/α-hetero) is 1. The average Bonchev–Trinajstić information content (AvgIpc) is 3.12. The Kier molecular flexibility index (Phi) is 6.05. The summed E-state index contributed by atoms with van der Waals surface area (Å²) in [5, 5.41) is 0. The van der Waals surface area contributed by atoms with Gasteiger partial charge in [-0.15, -0.1) is 11.3 Å². The predicted octanol–water partition coefficient (Wildman–Crippen LogP) is 4.17. The largest absolute Gasteiger partial charge is 0.369 e. The maximum absolute atomic E-state index is 12.8. The summed E-state index contributed by atoms with van der Waals surface area (Å²) in [4.78, 5) is 29.3. The number of thiazole rings is 1. The van der Waals surface area contributed by atoms with Crippen molar-refractivity contribution in [1.29, 1.82) is 0 Å². The number of benzene rings is 1. The van der Waals surface area contributed by atoms with Crippen LogP contribution >= 0.6 is 23.1 Å². The Balaban J connectivity index is 1.76. The number of carbonyl (C=O) groups excluding carboxylic acids is 2. The monoisotopic (exact) mass is 413 g/mol. The fraction of sp³-hybridized carbons (Fsp3) is 0.286. The predicted molar refractivity (Wildman–Crippen MR) is 115 cm³/mol. The van der Waals surface area contributed by atoms with Crippen LogP contribution in [0.2, 0.25) is 0 Å². The standard InChI is InChI=1S/C21H23N3O2S2/c1-12-5-7-16(8-6-12)24-13(2)9-17(15(24)4)18(25)11-27-21-23-14(3)19(28-21)10-20(22)26/h5-9H,10-11H2,1-4H3,(H2,22,26). The van der Waals surface area contributed by atoms with Gasteiger partial charge in [-0.1, -0.05) is 29.5 Å². The number of aromatic nitrogens is 2. The molecule has 0 saturated heterocycles. The molecule has 0 saturated carbocycles. The first-order valence-corrected chi connectivity index (χ1v) is 10.7. The summed E-state index contributed by atoms with van der Waals surface area (Å²) in [7, 11) is 0. The van der Waals surface area contributed by atoms with Crippen molar-refractivity contribution >= 4 is 34.8 Å². The highest BCUT2D eigenvalue weighted by Gasteiger charge is 2.18. The fourth-order valence-corrected chi connectivity index (χ4v) is 5.25. The first-order valence-electron chi connectivity index (χ1n) is 8.93. The van der Waals surface area contributed by atoms with Gasteiger partial charge in [-0.3, -0.25) is 9.59 Å². The summed E-state index contributed by atoms with van der Waals surface area (Å²) in [6.07, 6.45) is 0.190. The molecular weight excluding hydrogens is 390 g/mol. The highest BCUT2D eigenvalue weighted by molar-refractivity contribution is 8.01. The zero-order valence-corrected chi connectivity index (χ0v) is 18.0. The molecule has 0 radical (unpaired) electrons. The van der Waals surface area contributed by atoms with E-state index in [9.17, 15) is 9.59 Å². The molecule has 28 heavy (non-hydrogen) atoms. The molecule has 0 spiro atoms. The molecule has 2 N–H and O–H groups in total. The van der Waals surface area contributed by atoms with Crippen molar-refractivity contribution in [2.45, 2.75) is 38.5 Å². The van der Waals surface area contributed by atoms with Crippen LogP contribution in [0.25, 0.3) is 5.69 Å². The first-order chi connectivity index (χ1) is 13.3. The zero-order chi connectivity index (χ0) is 20.4. The second-order valence-corrected chi connectivity index (χ2v) is 9.11. The van der Waals surface area contributed by atoms with Crippen LogP contribution in [0.5, 0.6) is 0 Å². The van der Waals surface area contributed by atoms with Crippen LogP contribution in [0.4, 0.5) is 0 Å². The molecule has 0 aliphatic carbocycles.